The molecule has 0 aliphatic carbocycles. The summed E-state index contributed by atoms with van der Waals surface area (Å²) in [4.78, 5) is 11.5. The number of hydrogen-bond donors (Lipinski definition) is 2. The minimum absolute atomic E-state index is 0.0477. The summed E-state index contributed by atoms with van der Waals surface area (Å²) >= 11 is 1.64. The second-order valence-corrected chi connectivity index (χ2v) is 4.95. The molecular weight excluding hydrogens is 242 g/mol. The highest BCUT2D eigenvalue weighted by Gasteiger charge is 2.18. The molecule has 0 aromatic heterocycles. The number of carbonyl (C=O) groups is 1. The van der Waals surface area contributed by atoms with Gasteiger partial charge in [-0.15, -0.1) is 0 Å². The number of esters is 1. The Labute approximate surface area is 107 Å². The molecule has 0 heterocycles. The van der Waals surface area contributed by atoms with E-state index < -0.39 is 12.0 Å². The van der Waals surface area contributed by atoms with E-state index in [1.54, 1.807) is 25.6 Å². The lowest BCUT2D eigenvalue weighted by Crippen LogP contribution is -2.36. The summed E-state index contributed by atoms with van der Waals surface area (Å²) in [6, 6.07) is -0.569. The van der Waals surface area contributed by atoms with Gasteiger partial charge in [-0.1, -0.05) is 0 Å². The third-order valence-corrected chi connectivity index (χ3v) is 2.77. The Hall–Kier alpha value is -0.300. The van der Waals surface area contributed by atoms with Gasteiger partial charge in [-0.05, 0) is 32.3 Å². The van der Waals surface area contributed by atoms with E-state index in [9.17, 15) is 4.79 Å². The van der Waals surface area contributed by atoms with E-state index >= 15 is 0 Å². The number of thioether (sulfide) groups is 1. The molecule has 3 unspecified atom stereocenters. The molecule has 3 atom stereocenters. The Morgan fingerprint density at radius 1 is 1.41 bits per heavy atom. The summed E-state index contributed by atoms with van der Waals surface area (Å²) in [6.45, 7) is 3.71. The fourth-order valence-electron chi connectivity index (χ4n) is 1.03. The van der Waals surface area contributed by atoms with Crippen molar-refractivity contribution in [3.8, 4) is 0 Å². The van der Waals surface area contributed by atoms with E-state index in [-0.39, 0.29) is 25.4 Å². The van der Waals surface area contributed by atoms with E-state index in [0.29, 0.717) is 6.42 Å². The van der Waals surface area contributed by atoms with Crippen LogP contribution in [-0.4, -0.2) is 54.5 Å². The Morgan fingerprint density at radius 3 is 2.59 bits per heavy atom. The highest BCUT2D eigenvalue weighted by atomic mass is 32.2. The van der Waals surface area contributed by atoms with Gasteiger partial charge in [0, 0.05) is 0 Å². The molecule has 0 aromatic rings. The molecule has 0 aromatic carbocycles. The predicted octanol–water partition coefficient (Wildman–Crippen LogP) is 0.396. The molecule has 0 spiro atoms. The minimum atomic E-state index is -0.569. The molecule has 0 saturated heterocycles. The van der Waals surface area contributed by atoms with Gasteiger partial charge in [-0.2, -0.15) is 11.8 Å². The summed E-state index contributed by atoms with van der Waals surface area (Å²) in [5, 5.41) is 8.76. The van der Waals surface area contributed by atoms with Crippen LogP contribution >= 0.6 is 11.8 Å². The molecule has 0 fully saturated rings. The molecule has 102 valence electrons. The van der Waals surface area contributed by atoms with E-state index in [0.717, 1.165) is 5.75 Å². The summed E-state index contributed by atoms with van der Waals surface area (Å²) in [5.41, 5.74) is 5.67. The quantitative estimate of drug-likeness (QED) is 0.587. The van der Waals surface area contributed by atoms with Gasteiger partial charge in [-0.3, -0.25) is 4.79 Å². The third-order valence-electron chi connectivity index (χ3n) is 2.13. The summed E-state index contributed by atoms with van der Waals surface area (Å²) < 4.78 is 10.4. The second kappa shape index (κ2) is 9.70. The van der Waals surface area contributed by atoms with Gasteiger partial charge >= 0.3 is 5.97 Å². The van der Waals surface area contributed by atoms with E-state index in [1.807, 2.05) is 6.26 Å². The van der Waals surface area contributed by atoms with Gasteiger partial charge in [0.25, 0.3) is 0 Å². The normalized spacial score (nSPS) is 16.3. The van der Waals surface area contributed by atoms with Crippen molar-refractivity contribution >= 4 is 17.7 Å². The molecule has 0 saturated carbocycles. The maximum atomic E-state index is 11.5. The van der Waals surface area contributed by atoms with Crippen molar-refractivity contribution < 1.29 is 19.4 Å². The summed E-state index contributed by atoms with van der Waals surface area (Å²) in [5.74, 6) is 0.440. The van der Waals surface area contributed by atoms with E-state index in [4.69, 9.17) is 20.3 Å². The van der Waals surface area contributed by atoms with Crippen LogP contribution in [0, 0.1) is 0 Å². The van der Waals surface area contributed by atoms with Crippen LogP contribution in [-0.2, 0) is 14.3 Å². The summed E-state index contributed by atoms with van der Waals surface area (Å²) in [7, 11) is 0. The van der Waals surface area contributed by atoms with Crippen molar-refractivity contribution in [3.05, 3.63) is 0 Å². The third kappa shape index (κ3) is 8.43. The van der Waals surface area contributed by atoms with Crippen molar-refractivity contribution in [3.63, 3.8) is 0 Å². The van der Waals surface area contributed by atoms with Gasteiger partial charge < -0.3 is 20.3 Å². The first-order chi connectivity index (χ1) is 8.01. The molecule has 17 heavy (non-hydrogen) atoms. The lowest BCUT2D eigenvalue weighted by Gasteiger charge is -2.18. The van der Waals surface area contributed by atoms with Crippen LogP contribution in [0.3, 0.4) is 0 Å². The van der Waals surface area contributed by atoms with Crippen LogP contribution in [0.1, 0.15) is 20.3 Å². The molecule has 0 bridgehead atoms. The van der Waals surface area contributed by atoms with Crippen molar-refractivity contribution in [2.24, 2.45) is 5.73 Å². The number of ether oxygens (including phenoxy) is 2. The highest BCUT2D eigenvalue weighted by Crippen LogP contribution is 2.03. The molecule has 0 aliphatic heterocycles. The molecule has 0 aliphatic rings. The van der Waals surface area contributed by atoms with Crippen LogP contribution in [0.15, 0.2) is 0 Å². The predicted molar refractivity (Wildman–Crippen MR) is 69.0 cm³/mol. The van der Waals surface area contributed by atoms with Gasteiger partial charge in [0.15, 0.2) is 0 Å². The van der Waals surface area contributed by atoms with Crippen LogP contribution < -0.4 is 5.73 Å². The Bertz CT molecular complexity index is 216. The van der Waals surface area contributed by atoms with Gasteiger partial charge in [0.05, 0.1) is 19.3 Å². The fraction of sp³-hybridized carbons (Fsp3) is 0.909. The molecule has 5 nitrogen and oxygen atoms in total. The molecular formula is C11H23NO4S. The van der Waals surface area contributed by atoms with Crippen molar-refractivity contribution in [1.82, 2.24) is 0 Å². The first-order valence-electron chi connectivity index (χ1n) is 5.68. The summed E-state index contributed by atoms with van der Waals surface area (Å²) in [6.07, 6.45) is 1.98. The standard InChI is InChI=1S/C11H23NO4S/c1-8(6-13)15-7-9(2)16-11(14)10(12)4-5-17-3/h8-10,13H,4-7,12H2,1-3H3. The molecule has 3 N–H and O–H groups in total. The van der Waals surface area contributed by atoms with E-state index in [1.165, 1.54) is 0 Å². The molecule has 0 radical (unpaired) electrons. The lowest BCUT2D eigenvalue weighted by atomic mass is 10.2. The maximum absolute atomic E-state index is 11.5. The molecule has 0 amide bonds. The number of nitrogens with two attached hydrogens (primary N) is 1. The zero-order valence-corrected chi connectivity index (χ0v) is 11.5. The Kier molecular flexibility index (Phi) is 9.53. The largest absolute Gasteiger partial charge is 0.459 e. The number of carbonyl (C=O) groups excluding carboxylic acids is 1. The average Bonchev–Trinajstić information content (AvgIpc) is 2.32. The maximum Gasteiger partial charge on any atom is 0.323 e. The topological polar surface area (TPSA) is 81.8 Å². The average molecular weight is 265 g/mol. The van der Waals surface area contributed by atoms with Crippen molar-refractivity contribution in [1.29, 1.82) is 0 Å². The number of aliphatic hydroxyl groups excluding tert-OH is 1. The highest BCUT2D eigenvalue weighted by molar-refractivity contribution is 7.98. The van der Waals surface area contributed by atoms with E-state index in [2.05, 4.69) is 0 Å². The van der Waals surface area contributed by atoms with Crippen molar-refractivity contribution in [2.75, 3.05) is 25.2 Å². The van der Waals surface area contributed by atoms with Gasteiger partial charge in [0.1, 0.15) is 12.1 Å². The molecule has 6 heteroatoms. The van der Waals surface area contributed by atoms with Crippen LogP contribution in [0.5, 0.6) is 0 Å². The SMILES string of the molecule is CSCCC(N)C(=O)OC(C)COC(C)CO. The first-order valence-corrected chi connectivity index (χ1v) is 7.08. The number of aliphatic hydroxyl groups is 1. The zero-order chi connectivity index (χ0) is 13.3. The number of rotatable bonds is 9. The zero-order valence-electron chi connectivity index (χ0n) is 10.7. The van der Waals surface area contributed by atoms with Gasteiger partial charge in [0.2, 0.25) is 0 Å². The molecule has 0 rings (SSSR count). The Morgan fingerprint density at radius 2 is 2.06 bits per heavy atom. The fourth-order valence-corrected chi connectivity index (χ4v) is 1.52. The van der Waals surface area contributed by atoms with Crippen molar-refractivity contribution in [2.45, 2.75) is 38.5 Å². The lowest BCUT2D eigenvalue weighted by molar-refractivity contribution is -0.154. The van der Waals surface area contributed by atoms with Gasteiger partial charge in [-0.25, -0.2) is 0 Å². The Balaban J connectivity index is 3.78. The minimum Gasteiger partial charge on any atom is -0.459 e. The first kappa shape index (κ1) is 16.7. The monoisotopic (exact) mass is 265 g/mol. The van der Waals surface area contributed by atoms with Crippen LogP contribution in [0.25, 0.3) is 0 Å². The van der Waals surface area contributed by atoms with Crippen LogP contribution in [0.2, 0.25) is 0 Å². The smallest absolute Gasteiger partial charge is 0.323 e. The number of hydrogen-bond acceptors (Lipinski definition) is 6. The second-order valence-electron chi connectivity index (χ2n) is 3.96. The van der Waals surface area contributed by atoms with Crippen LogP contribution in [0.4, 0.5) is 0 Å².